The zero-order chi connectivity index (χ0) is 18.5. The molecule has 134 valence electrons. The van der Waals surface area contributed by atoms with Crippen LogP contribution in [0.1, 0.15) is 22.5 Å². The minimum Gasteiger partial charge on any atom is -0.740 e. The normalized spacial score (nSPS) is 11.8. The molecule has 0 aliphatic rings. The number of hydrogen-bond acceptors (Lipinski definition) is 6. The number of pyridine rings is 1. The Balaban J connectivity index is 0.00000210. The van der Waals surface area contributed by atoms with Gasteiger partial charge in [0.25, 0.3) is 0 Å². The van der Waals surface area contributed by atoms with Crippen LogP contribution < -0.4 is 51.4 Å². The van der Waals surface area contributed by atoms with Gasteiger partial charge in [-0.25, -0.2) is 18.4 Å². The van der Waals surface area contributed by atoms with E-state index < -0.39 is 15.3 Å². The third kappa shape index (κ3) is 4.19. The number of aryl methyl sites for hydroxylation is 4. The van der Waals surface area contributed by atoms with Gasteiger partial charge in [0.05, 0.1) is 5.69 Å². The van der Waals surface area contributed by atoms with Crippen molar-refractivity contribution in [3.8, 4) is 0 Å². The summed E-state index contributed by atoms with van der Waals surface area (Å²) in [5.74, 6) is 0. The average Bonchev–Trinajstić information content (AvgIpc) is 3.13. The van der Waals surface area contributed by atoms with Crippen LogP contribution in [-0.2, 0) is 23.0 Å². The predicted octanol–water partition coefficient (Wildman–Crippen LogP) is -0.214. The zero-order valence-corrected chi connectivity index (χ0v) is 19.2. The van der Waals surface area contributed by atoms with Gasteiger partial charge in [0.1, 0.15) is 11.2 Å². The molecule has 0 radical (unpaired) electrons. The molecule has 1 aromatic carbocycles. The van der Waals surface area contributed by atoms with Gasteiger partial charge in [-0.2, -0.15) is 0 Å². The van der Waals surface area contributed by atoms with E-state index in [1.807, 2.05) is 38.2 Å². The molecule has 0 saturated carbocycles. The molecule has 0 bridgehead atoms. The molecule has 7 nitrogen and oxygen atoms in total. The van der Waals surface area contributed by atoms with E-state index in [1.165, 1.54) is 0 Å². The van der Waals surface area contributed by atoms with Crippen molar-refractivity contribution in [2.24, 2.45) is 0 Å². The van der Waals surface area contributed by atoms with Crippen LogP contribution in [0.5, 0.6) is 0 Å². The fourth-order valence-corrected chi connectivity index (χ4v) is 3.43. The number of nitrogens with zero attached hydrogens (tertiary/aromatic N) is 3. The largest absolute Gasteiger partial charge is 1.00 e. The topological polar surface area (TPSA) is 101 Å². The Kier molecular flexibility index (Phi) is 5.92. The van der Waals surface area contributed by atoms with E-state index >= 15 is 0 Å². The van der Waals surface area contributed by atoms with E-state index in [-0.39, 0.29) is 51.4 Å². The molecule has 0 amide bonds. The summed E-state index contributed by atoms with van der Waals surface area (Å²) in [4.78, 5) is 8.41. The summed E-state index contributed by atoms with van der Waals surface area (Å²) in [6, 6.07) is 9.31. The van der Waals surface area contributed by atoms with Crippen molar-refractivity contribution in [3.63, 3.8) is 0 Å². The van der Waals surface area contributed by atoms with Gasteiger partial charge in [0, 0.05) is 11.9 Å². The van der Waals surface area contributed by atoms with Crippen LogP contribution in [0.15, 0.2) is 46.2 Å². The van der Waals surface area contributed by atoms with E-state index in [2.05, 4.69) is 9.38 Å². The molecular weight excluding hydrogens is 393 g/mol. The molecule has 3 aromatic heterocycles. The summed E-state index contributed by atoms with van der Waals surface area (Å²) in [5.41, 5.74) is 5.79. The van der Waals surface area contributed by atoms with E-state index in [0.29, 0.717) is 17.5 Å². The van der Waals surface area contributed by atoms with Gasteiger partial charge in [-0.05, 0) is 62.1 Å². The van der Waals surface area contributed by atoms with Gasteiger partial charge in [0.2, 0.25) is 0 Å². The van der Waals surface area contributed by atoms with Crippen LogP contribution in [-0.4, -0.2) is 27.3 Å². The van der Waals surface area contributed by atoms with E-state index in [1.54, 1.807) is 12.1 Å². The number of hydrogen-bond donors (Lipinski definition) is 0. The van der Waals surface area contributed by atoms with Crippen molar-refractivity contribution in [2.75, 3.05) is 0 Å². The first-order chi connectivity index (χ1) is 12.3. The Hall–Kier alpha value is -1.07. The van der Waals surface area contributed by atoms with Crippen molar-refractivity contribution >= 4 is 26.9 Å². The molecule has 0 N–H and O–H groups in total. The van der Waals surface area contributed by atoms with Crippen LogP contribution >= 0.6 is 0 Å². The molecule has 9 heteroatoms. The molecule has 0 spiro atoms. The first-order valence-corrected chi connectivity index (χ1v) is 9.51. The van der Waals surface area contributed by atoms with Gasteiger partial charge >= 0.3 is 56.6 Å². The maximum Gasteiger partial charge on any atom is 1.00 e. The SMILES string of the molecule is Cc1ccn2c(C)c(CCc3ccc4nc(S(=O)(=O)[O-])oc4c3)nc2c1.[K+]. The van der Waals surface area contributed by atoms with Gasteiger partial charge < -0.3 is 13.4 Å². The van der Waals surface area contributed by atoms with E-state index in [4.69, 9.17) is 9.40 Å². The molecule has 0 unspecified atom stereocenters. The van der Waals surface area contributed by atoms with Crippen molar-refractivity contribution in [1.82, 2.24) is 14.4 Å². The van der Waals surface area contributed by atoms with Crippen LogP contribution in [0.3, 0.4) is 0 Å². The van der Waals surface area contributed by atoms with Gasteiger partial charge in [0.15, 0.2) is 15.7 Å². The summed E-state index contributed by atoms with van der Waals surface area (Å²) in [5, 5.41) is -0.795. The van der Waals surface area contributed by atoms with Crippen LogP contribution in [0.25, 0.3) is 16.7 Å². The Morgan fingerprint density at radius 1 is 1.11 bits per heavy atom. The van der Waals surface area contributed by atoms with Crippen molar-refractivity contribution < 1.29 is 68.8 Å². The molecular formula is C18H16KN3O4S. The molecule has 0 fully saturated rings. The summed E-state index contributed by atoms with van der Waals surface area (Å²) in [7, 11) is -4.70. The second kappa shape index (κ2) is 7.74. The first-order valence-electron chi connectivity index (χ1n) is 8.11. The van der Waals surface area contributed by atoms with Gasteiger partial charge in [-0.1, -0.05) is 6.07 Å². The smallest absolute Gasteiger partial charge is 0.740 e. The quantitative estimate of drug-likeness (QED) is 0.341. The maximum absolute atomic E-state index is 11.0. The second-order valence-corrected chi connectivity index (χ2v) is 7.57. The monoisotopic (exact) mass is 409 g/mol. The zero-order valence-electron chi connectivity index (χ0n) is 15.3. The number of fused-ring (bicyclic) bond motifs is 2. The Morgan fingerprint density at radius 3 is 2.63 bits per heavy atom. The Bertz CT molecular complexity index is 1240. The number of aromatic nitrogens is 3. The third-order valence-electron chi connectivity index (χ3n) is 4.42. The van der Waals surface area contributed by atoms with Gasteiger partial charge in [-0.15, -0.1) is 0 Å². The Morgan fingerprint density at radius 2 is 1.89 bits per heavy atom. The maximum atomic E-state index is 11.0. The third-order valence-corrected chi connectivity index (χ3v) is 5.02. The number of benzene rings is 1. The summed E-state index contributed by atoms with van der Waals surface area (Å²) < 4.78 is 40.2. The minimum absolute atomic E-state index is 0. The molecule has 0 saturated heterocycles. The van der Waals surface area contributed by atoms with Crippen LogP contribution in [0, 0.1) is 13.8 Å². The molecule has 4 aromatic rings. The molecule has 3 heterocycles. The van der Waals surface area contributed by atoms with Crippen molar-refractivity contribution in [1.29, 1.82) is 0 Å². The average molecular weight is 410 g/mol. The summed E-state index contributed by atoms with van der Waals surface area (Å²) in [6.45, 7) is 4.07. The number of oxazole rings is 1. The number of rotatable bonds is 4. The molecule has 0 atom stereocenters. The molecule has 0 aliphatic carbocycles. The van der Waals surface area contributed by atoms with Crippen LogP contribution in [0.2, 0.25) is 0 Å². The second-order valence-electron chi connectivity index (χ2n) is 6.31. The van der Waals surface area contributed by atoms with E-state index in [9.17, 15) is 13.0 Å². The molecule has 27 heavy (non-hydrogen) atoms. The van der Waals surface area contributed by atoms with Crippen LogP contribution in [0.4, 0.5) is 0 Å². The minimum atomic E-state index is -4.70. The summed E-state index contributed by atoms with van der Waals surface area (Å²) in [6.07, 6.45) is 3.46. The fourth-order valence-electron chi connectivity index (χ4n) is 3.03. The molecule has 0 aliphatic heterocycles. The van der Waals surface area contributed by atoms with Gasteiger partial charge in [-0.3, -0.25) is 0 Å². The van der Waals surface area contributed by atoms with E-state index in [0.717, 1.165) is 34.6 Å². The molecule has 4 rings (SSSR count). The van der Waals surface area contributed by atoms with Crippen molar-refractivity contribution in [2.45, 2.75) is 31.9 Å². The first kappa shape index (κ1) is 20.7. The predicted molar refractivity (Wildman–Crippen MR) is 94.0 cm³/mol. The standard InChI is InChI=1S/C18H17N3O4S.K/c1-11-7-8-21-12(2)14(19-17(21)9-11)5-3-13-4-6-15-16(10-13)25-18(20-15)26(22,23)24;/h4,6-10H,3,5H2,1-2H3,(H,22,23,24);/q;+1/p-1. The Labute approximate surface area is 199 Å². The van der Waals surface area contributed by atoms with Crippen molar-refractivity contribution in [3.05, 3.63) is 59.0 Å². The summed E-state index contributed by atoms with van der Waals surface area (Å²) >= 11 is 0. The number of imidazole rings is 1. The fraction of sp³-hybridized carbons (Fsp3) is 0.222.